The Morgan fingerprint density at radius 3 is 2.26 bits per heavy atom. The Kier molecular flexibility index (Phi) is 2.42. The molecule has 0 N–H and O–H groups in total. The summed E-state index contributed by atoms with van der Waals surface area (Å²) < 4.78 is 6.20. The van der Waals surface area contributed by atoms with Gasteiger partial charge in [0.1, 0.15) is 5.60 Å². The summed E-state index contributed by atoms with van der Waals surface area (Å²) >= 11 is 0. The fraction of sp³-hybridized carbons (Fsp3) is 0.941. The summed E-state index contributed by atoms with van der Waals surface area (Å²) in [5.41, 5.74) is 0.0941. The molecule has 4 aliphatic rings. The first-order valence-corrected chi connectivity index (χ1v) is 8.25. The number of carbonyl (C=O) groups is 1. The number of carbonyl (C=O) groups excluding carboxylic acids is 1. The maximum absolute atomic E-state index is 12.6. The molecular weight excluding hydrogens is 236 g/mol. The summed E-state index contributed by atoms with van der Waals surface area (Å²) in [6.07, 6.45) is 9.77. The Hall–Kier alpha value is -0.530. The topological polar surface area (TPSA) is 26.3 Å². The van der Waals surface area contributed by atoms with Crippen molar-refractivity contribution >= 4 is 5.97 Å². The van der Waals surface area contributed by atoms with Crippen LogP contribution in [0.4, 0.5) is 0 Å². The van der Waals surface area contributed by atoms with Gasteiger partial charge in [0.2, 0.25) is 0 Å². The van der Waals surface area contributed by atoms with Gasteiger partial charge in [0.05, 0.1) is 5.92 Å². The zero-order valence-electron chi connectivity index (χ0n) is 12.3. The lowest BCUT2D eigenvalue weighted by molar-refractivity contribution is -0.175. The number of fused-ring (bicyclic) bond motifs is 4. The Balaban J connectivity index is 1.51. The molecule has 4 aliphatic carbocycles. The van der Waals surface area contributed by atoms with E-state index in [1.165, 1.54) is 32.1 Å². The van der Waals surface area contributed by atoms with Crippen LogP contribution >= 0.6 is 0 Å². The van der Waals surface area contributed by atoms with Crippen molar-refractivity contribution in [2.24, 2.45) is 29.1 Å². The number of esters is 1. The molecule has 3 unspecified atom stereocenters. The van der Waals surface area contributed by atoms with Gasteiger partial charge >= 0.3 is 5.97 Å². The average Bonchev–Trinajstić information content (AvgIpc) is 3.10. The third-order valence-corrected chi connectivity index (χ3v) is 7.32. The van der Waals surface area contributed by atoms with Crippen LogP contribution in [0.5, 0.6) is 0 Å². The minimum Gasteiger partial charge on any atom is -0.458 e. The van der Waals surface area contributed by atoms with Crippen LogP contribution in [0.2, 0.25) is 0 Å². The minimum atomic E-state index is -0.115. The van der Waals surface area contributed by atoms with Gasteiger partial charge in [0.15, 0.2) is 0 Å². The van der Waals surface area contributed by atoms with Crippen LogP contribution in [-0.4, -0.2) is 11.6 Å². The van der Waals surface area contributed by atoms with Crippen molar-refractivity contribution in [1.29, 1.82) is 0 Å². The normalized spacial score (nSPS) is 49.8. The van der Waals surface area contributed by atoms with Crippen LogP contribution in [0.15, 0.2) is 0 Å². The van der Waals surface area contributed by atoms with Crippen LogP contribution in [0.3, 0.4) is 0 Å². The van der Waals surface area contributed by atoms with Crippen molar-refractivity contribution < 1.29 is 9.53 Å². The fourth-order valence-corrected chi connectivity index (χ4v) is 5.86. The Morgan fingerprint density at radius 2 is 1.79 bits per heavy atom. The molecule has 2 nitrogen and oxygen atoms in total. The van der Waals surface area contributed by atoms with E-state index in [-0.39, 0.29) is 22.9 Å². The predicted molar refractivity (Wildman–Crippen MR) is 73.5 cm³/mol. The quantitative estimate of drug-likeness (QED) is 0.705. The molecule has 0 aromatic rings. The summed E-state index contributed by atoms with van der Waals surface area (Å²) in [5, 5.41) is 0. The number of ether oxygens (including phenoxy) is 1. The lowest BCUT2D eigenvalue weighted by atomic mass is 9.78. The first-order valence-electron chi connectivity index (χ1n) is 8.25. The van der Waals surface area contributed by atoms with Crippen molar-refractivity contribution in [2.75, 3.05) is 0 Å². The van der Waals surface area contributed by atoms with Crippen molar-refractivity contribution in [3.8, 4) is 0 Å². The molecule has 0 radical (unpaired) electrons. The van der Waals surface area contributed by atoms with Crippen LogP contribution in [-0.2, 0) is 9.53 Å². The summed E-state index contributed by atoms with van der Waals surface area (Å²) in [4.78, 5) is 12.6. The number of hydrogen-bond acceptors (Lipinski definition) is 2. The van der Waals surface area contributed by atoms with Crippen molar-refractivity contribution in [3.63, 3.8) is 0 Å². The second-order valence-corrected chi connectivity index (χ2v) is 8.19. The molecule has 0 aromatic carbocycles. The first kappa shape index (κ1) is 12.2. The summed E-state index contributed by atoms with van der Waals surface area (Å²) in [6.45, 7) is 4.65. The standard InChI is InChI=1S/C17H26O2/c1-16(2)13-5-7-17(16,8-6-13)19-15(18)14-10-11-3-4-12(14)9-11/h11-14H,3-10H2,1-2H3. The molecule has 0 aromatic heterocycles. The molecule has 0 saturated heterocycles. The van der Waals surface area contributed by atoms with Gasteiger partial charge in [-0.2, -0.15) is 0 Å². The van der Waals surface area contributed by atoms with Crippen molar-refractivity contribution in [1.82, 2.24) is 0 Å². The largest absolute Gasteiger partial charge is 0.458 e. The van der Waals surface area contributed by atoms with Crippen molar-refractivity contribution in [2.45, 2.75) is 70.8 Å². The molecule has 0 heterocycles. The molecular formula is C17H26O2. The van der Waals surface area contributed by atoms with Crippen LogP contribution in [0.1, 0.15) is 65.2 Å². The van der Waals surface area contributed by atoms with Gasteiger partial charge in [0, 0.05) is 5.41 Å². The molecule has 3 atom stereocenters. The molecule has 106 valence electrons. The van der Waals surface area contributed by atoms with E-state index in [2.05, 4.69) is 13.8 Å². The van der Waals surface area contributed by atoms with Gasteiger partial charge < -0.3 is 4.74 Å². The van der Waals surface area contributed by atoms with Gasteiger partial charge in [-0.15, -0.1) is 0 Å². The zero-order valence-corrected chi connectivity index (χ0v) is 12.3. The summed E-state index contributed by atoms with van der Waals surface area (Å²) in [6, 6.07) is 0. The highest BCUT2D eigenvalue weighted by molar-refractivity contribution is 5.74. The smallest absolute Gasteiger partial charge is 0.309 e. The lowest BCUT2D eigenvalue weighted by Crippen LogP contribution is -2.43. The third kappa shape index (κ3) is 1.52. The fourth-order valence-electron chi connectivity index (χ4n) is 5.86. The minimum absolute atomic E-state index is 0.115. The van der Waals surface area contributed by atoms with E-state index in [4.69, 9.17) is 4.74 Å². The van der Waals surface area contributed by atoms with Gasteiger partial charge in [0.25, 0.3) is 0 Å². The van der Waals surface area contributed by atoms with E-state index in [0.29, 0.717) is 5.92 Å². The predicted octanol–water partition coefficient (Wildman–Crippen LogP) is 3.93. The second kappa shape index (κ2) is 3.77. The second-order valence-electron chi connectivity index (χ2n) is 8.19. The zero-order chi connectivity index (χ0) is 13.3. The molecule has 19 heavy (non-hydrogen) atoms. The van der Waals surface area contributed by atoms with Crippen LogP contribution in [0, 0.1) is 29.1 Å². The highest BCUT2D eigenvalue weighted by Gasteiger charge is 2.62. The Morgan fingerprint density at radius 1 is 1.05 bits per heavy atom. The van der Waals surface area contributed by atoms with E-state index in [1.807, 2.05) is 0 Å². The SMILES string of the molecule is CC1(C)C2CCC1(OC(=O)C1CC3CCC1C3)CC2. The van der Waals surface area contributed by atoms with E-state index >= 15 is 0 Å². The number of hydrogen-bond donors (Lipinski definition) is 0. The third-order valence-electron chi connectivity index (χ3n) is 7.32. The van der Waals surface area contributed by atoms with E-state index in [0.717, 1.165) is 31.1 Å². The Labute approximate surface area is 116 Å². The number of rotatable bonds is 2. The Bertz CT molecular complexity index is 403. The molecule has 0 aliphatic heterocycles. The molecule has 4 saturated carbocycles. The lowest BCUT2D eigenvalue weighted by Gasteiger charge is -2.39. The van der Waals surface area contributed by atoms with Gasteiger partial charge in [-0.3, -0.25) is 4.79 Å². The molecule has 0 amide bonds. The van der Waals surface area contributed by atoms with E-state index in [9.17, 15) is 4.79 Å². The van der Waals surface area contributed by atoms with Crippen LogP contribution < -0.4 is 0 Å². The molecule has 4 bridgehead atoms. The molecule has 0 spiro atoms. The summed E-state index contributed by atoms with van der Waals surface area (Å²) in [5.74, 6) is 2.65. The van der Waals surface area contributed by atoms with E-state index in [1.54, 1.807) is 0 Å². The van der Waals surface area contributed by atoms with E-state index < -0.39 is 0 Å². The van der Waals surface area contributed by atoms with Gasteiger partial charge in [-0.1, -0.05) is 20.3 Å². The average molecular weight is 262 g/mol. The van der Waals surface area contributed by atoms with Gasteiger partial charge in [-0.05, 0) is 62.7 Å². The highest BCUT2D eigenvalue weighted by atomic mass is 16.6. The maximum atomic E-state index is 12.6. The molecule has 4 rings (SSSR count). The molecule has 4 fully saturated rings. The molecule has 2 heteroatoms. The monoisotopic (exact) mass is 262 g/mol. The van der Waals surface area contributed by atoms with Crippen molar-refractivity contribution in [3.05, 3.63) is 0 Å². The van der Waals surface area contributed by atoms with Crippen LogP contribution in [0.25, 0.3) is 0 Å². The first-order chi connectivity index (χ1) is 9.02. The van der Waals surface area contributed by atoms with Gasteiger partial charge in [-0.25, -0.2) is 0 Å². The maximum Gasteiger partial charge on any atom is 0.309 e. The highest BCUT2D eigenvalue weighted by Crippen LogP contribution is 2.62. The summed E-state index contributed by atoms with van der Waals surface area (Å²) in [7, 11) is 0.